The van der Waals surface area contributed by atoms with Crippen molar-refractivity contribution in [2.24, 2.45) is 0 Å². The van der Waals surface area contributed by atoms with Gasteiger partial charge in [0.2, 0.25) is 5.78 Å². The van der Waals surface area contributed by atoms with Crippen LogP contribution in [-0.4, -0.2) is 21.5 Å². The van der Waals surface area contributed by atoms with Crippen LogP contribution in [0.3, 0.4) is 0 Å². The molecular formula is C21H13ClN2O2. The average Bonchev–Trinajstić information content (AvgIpc) is 2.71. The van der Waals surface area contributed by atoms with Crippen molar-refractivity contribution >= 4 is 23.2 Å². The van der Waals surface area contributed by atoms with Gasteiger partial charge in [-0.3, -0.25) is 19.6 Å². The Bertz CT molecular complexity index is 1040. The van der Waals surface area contributed by atoms with Gasteiger partial charge in [0.1, 0.15) is 5.69 Å². The number of hydrogen-bond donors (Lipinski definition) is 0. The number of benzene rings is 1. The Balaban J connectivity index is 1.64. The van der Waals surface area contributed by atoms with E-state index in [4.69, 9.17) is 11.6 Å². The lowest BCUT2D eigenvalue weighted by molar-refractivity contribution is 0.0975. The third kappa shape index (κ3) is 2.85. The summed E-state index contributed by atoms with van der Waals surface area (Å²) < 4.78 is 0. The van der Waals surface area contributed by atoms with Crippen LogP contribution in [0.2, 0.25) is 0 Å². The molecule has 0 bridgehead atoms. The van der Waals surface area contributed by atoms with Crippen LogP contribution in [0.15, 0.2) is 77.7 Å². The molecule has 5 heteroatoms. The Morgan fingerprint density at radius 3 is 2.23 bits per heavy atom. The molecule has 4 nitrogen and oxygen atoms in total. The van der Waals surface area contributed by atoms with E-state index in [2.05, 4.69) is 9.97 Å². The van der Waals surface area contributed by atoms with E-state index in [9.17, 15) is 9.59 Å². The fourth-order valence-electron chi connectivity index (χ4n) is 2.99. The van der Waals surface area contributed by atoms with E-state index >= 15 is 0 Å². The van der Waals surface area contributed by atoms with Crippen molar-refractivity contribution in [1.29, 1.82) is 0 Å². The molecule has 2 aromatic heterocycles. The number of rotatable bonds is 3. The largest absolute Gasteiger partial charge is 0.289 e. The fourth-order valence-corrected chi connectivity index (χ4v) is 3.24. The van der Waals surface area contributed by atoms with Crippen molar-refractivity contribution in [2.45, 2.75) is 6.42 Å². The van der Waals surface area contributed by atoms with Crippen molar-refractivity contribution in [3.05, 3.63) is 94.5 Å². The topological polar surface area (TPSA) is 59.9 Å². The zero-order chi connectivity index (χ0) is 18.1. The smallest absolute Gasteiger partial charge is 0.223 e. The molecule has 1 aliphatic carbocycles. The summed E-state index contributed by atoms with van der Waals surface area (Å²) in [6.07, 6.45) is 5.27. The first-order valence-electron chi connectivity index (χ1n) is 8.07. The van der Waals surface area contributed by atoms with Crippen molar-refractivity contribution in [3.8, 4) is 11.1 Å². The monoisotopic (exact) mass is 360 g/mol. The Morgan fingerprint density at radius 1 is 0.808 bits per heavy atom. The Kier molecular flexibility index (Phi) is 4.19. The van der Waals surface area contributed by atoms with Gasteiger partial charge >= 0.3 is 0 Å². The minimum absolute atomic E-state index is 0.0422. The first-order chi connectivity index (χ1) is 12.6. The molecule has 0 unspecified atom stereocenters. The maximum Gasteiger partial charge on any atom is 0.223 e. The molecule has 0 N–H and O–H groups in total. The summed E-state index contributed by atoms with van der Waals surface area (Å²) in [5.41, 5.74) is 3.77. The highest BCUT2D eigenvalue weighted by molar-refractivity contribution is 6.49. The number of aromatic nitrogens is 2. The quantitative estimate of drug-likeness (QED) is 0.700. The third-order valence-corrected chi connectivity index (χ3v) is 4.75. The van der Waals surface area contributed by atoms with Crippen molar-refractivity contribution < 1.29 is 9.59 Å². The molecule has 0 saturated carbocycles. The maximum atomic E-state index is 12.7. The van der Waals surface area contributed by atoms with Crippen LogP contribution in [0.25, 0.3) is 11.1 Å². The van der Waals surface area contributed by atoms with Gasteiger partial charge < -0.3 is 0 Å². The summed E-state index contributed by atoms with van der Waals surface area (Å²) >= 11 is 6.20. The number of fused-ring (bicyclic) bond motifs is 1. The first kappa shape index (κ1) is 16.4. The second-order valence-electron chi connectivity index (χ2n) is 5.96. The van der Waals surface area contributed by atoms with E-state index in [1.54, 1.807) is 24.5 Å². The summed E-state index contributed by atoms with van der Waals surface area (Å²) in [5, 5.41) is -0.0422. The summed E-state index contributed by atoms with van der Waals surface area (Å²) in [7, 11) is 0. The molecule has 3 aromatic rings. The summed E-state index contributed by atoms with van der Waals surface area (Å²) in [6, 6.07) is 14.9. The van der Waals surface area contributed by atoms with Gasteiger partial charge in [0.25, 0.3) is 0 Å². The first-order valence-corrected chi connectivity index (χ1v) is 8.45. The molecule has 0 spiro atoms. The van der Waals surface area contributed by atoms with Gasteiger partial charge in [-0.05, 0) is 41.0 Å². The van der Waals surface area contributed by atoms with E-state index < -0.39 is 5.78 Å². The molecule has 26 heavy (non-hydrogen) atoms. The van der Waals surface area contributed by atoms with Crippen LogP contribution in [-0.2, 0) is 6.42 Å². The van der Waals surface area contributed by atoms with Crippen LogP contribution < -0.4 is 0 Å². The van der Waals surface area contributed by atoms with E-state index in [0.29, 0.717) is 17.6 Å². The predicted molar refractivity (Wildman–Crippen MR) is 99.2 cm³/mol. The molecule has 0 atom stereocenters. The molecule has 1 aliphatic rings. The molecule has 4 rings (SSSR count). The van der Waals surface area contributed by atoms with E-state index in [1.165, 1.54) is 6.20 Å². The molecule has 126 valence electrons. The molecule has 1 aromatic carbocycles. The second-order valence-corrected chi connectivity index (χ2v) is 6.34. The van der Waals surface area contributed by atoms with Crippen molar-refractivity contribution in [3.63, 3.8) is 0 Å². The molecule has 0 saturated heterocycles. The van der Waals surface area contributed by atoms with Crippen LogP contribution >= 0.6 is 11.6 Å². The highest BCUT2D eigenvalue weighted by Crippen LogP contribution is 2.30. The van der Waals surface area contributed by atoms with Gasteiger partial charge in [-0.2, -0.15) is 0 Å². The molecule has 0 radical (unpaired) electrons. The lowest BCUT2D eigenvalue weighted by Crippen LogP contribution is -2.22. The van der Waals surface area contributed by atoms with E-state index in [-0.39, 0.29) is 16.5 Å². The van der Waals surface area contributed by atoms with Gasteiger partial charge in [0.05, 0.1) is 10.6 Å². The van der Waals surface area contributed by atoms with Crippen LogP contribution in [0.4, 0.5) is 0 Å². The number of carbonyl (C=O) groups excluding carboxylic acids is 2. The molecule has 0 fully saturated rings. The number of Topliss-reactive ketones (excluding diaryl/α,β-unsaturated/α-hetero) is 2. The highest BCUT2D eigenvalue weighted by atomic mass is 35.5. The van der Waals surface area contributed by atoms with Crippen LogP contribution in [0.1, 0.15) is 26.4 Å². The van der Waals surface area contributed by atoms with Gasteiger partial charge in [-0.1, -0.05) is 35.9 Å². The number of pyridine rings is 2. The zero-order valence-electron chi connectivity index (χ0n) is 13.6. The predicted octanol–water partition coefficient (Wildman–Crippen LogP) is 4.26. The standard InChI is InChI=1S/C21H13ClN2O2/c22-18-17(20(25)16-2-1-9-24-19(16)21(18)26)12-13-3-5-14(6-4-13)15-7-10-23-11-8-15/h1-11H,12H2. The average molecular weight is 361 g/mol. The Labute approximate surface area is 155 Å². The minimum atomic E-state index is -0.398. The zero-order valence-corrected chi connectivity index (χ0v) is 14.4. The number of ketones is 2. The van der Waals surface area contributed by atoms with Gasteiger partial charge in [-0.15, -0.1) is 0 Å². The lowest BCUT2D eigenvalue weighted by Gasteiger charge is -2.17. The van der Waals surface area contributed by atoms with Crippen LogP contribution in [0, 0.1) is 0 Å². The van der Waals surface area contributed by atoms with E-state index in [0.717, 1.165) is 16.7 Å². The van der Waals surface area contributed by atoms with Crippen molar-refractivity contribution in [1.82, 2.24) is 9.97 Å². The third-order valence-electron chi connectivity index (χ3n) is 4.35. The molecule has 2 heterocycles. The van der Waals surface area contributed by atoms with Gasteiger partial charge in [-0.25, -0.2) is 0 Å². The number of allylic oxidation sites excluding steroid dienone is 2. The fraction of sp³-hybridized carbons (Fsp3) is 0.0476. The number of hydrogen-bond acceptors (Lipinski definition) is 4. The lowest BCUT2D eigenvalue weighted by atomic mass is 9.89. The number of nitrogens with zero attached hydrogens (tertiary/aromatic N) is 2. The molecular weight excluding hydrogens is 348 g/mol. The highest BCUT2D eigenvalue weighted by Gasteiger charge is 2.32. The number of halogens is 1. The van der Waals surface area contributed by atoms with Crippen molar-refractivity contribution in [2.75, 3.05) is 0 Å². The maximum absolute atomic E-state index is 12.7. The molecule has 0 aliphatic heterocycles. The van der Waals surface area contributed by atoms with E-state index in [1.807, 2.05) is 36.4 Å². The SMILES string of the molecule is O=C1C(Cc2ccc(-c3ccncc3)cc2)=C(Cl)C(=O)c2ncccc21. The minimum Gasteiger partial charge on any atom is -0.289 e. The molecule has 0 amide bonds. The summed E-state index contributed by atoms with van der Waals surface area (Å²) in [4.78, 5) is 33.1. The summed E-state index contributed by atoms with van der Waals surface area (Å²) in [6.45, 7) is 0. The Hall–Kier alpha value is -3.11. The second kappa shape index (κ2) is 6.65. The Morgan fingerprint density at radius 2 is 1.50 bits per heavy atom. The number of carbonyl (C=O) groups is 2. The van der Waals surface area contributed by atoms with Gasteiger partial charge in [0, 0.05) is 30.6 Å². The normalized spacial score (nSPS) is 13.7. The summed E-state index contributed by atoms with van der Waals surface area (Å²) in [5.74, 6) is -0.638. The van der Waals surface area contributed by atoms with Gasteiger partial charge in [0.15, 0.2) is 5.78 Å². The van der Waals surface area contributed by atoms with Crippen LogP contribution in [0.5, 0.6) is 0 Å².